The van der Waals surface area contributed by atoms with Crippen LogP contribution < -0.4 is 5.73 Å². The Kier molecular flexibility index (Phi) is 3.07. The second kappa shape index (κ2) is 3.79. The Labute approximate surface area is 84.7 Å². The zero-order valence-corrected chi connectivity index (χ0v) is 8.15. The minimum atomic E-state index is -4.43. The molecule has 0 aliphatic heterocycles. The van der Waals surface area contributed by atoms with E-state index in [0.29, 0.717) is 5.56 Å². The Bertz CT molecular complexity index is 315. The van der Waals surface area contributed by atoms with Crippen molar-refractivity contribution >= 4 is 11.6 Å². The van der Waals surface area contributed by atoms with E-state index in [-0.39, 0.29) is 10.6 Å². The molecule has 0 bridgehead atoms. The van der Waals surface area contributed by atoms with Gasteiger partial charge in [-0.1, -0.05) is 17.7 Å². The zero-order chi connectivity index (χ0) is 10.9. The highest BCUT2D eigenvalue weighted by Gasteiger charge is 2.37. The number of nitrogens with two attached hydrogens (primary N) is 1. The van der Waals surface area contributed by atoms with E-state index in [2.05, 4.69) is 0 Å². The molecule has 1 aromatic rings. The van der Waals surface area contributed by atoms with E-state index < -0.39 is 12.2 Å². The van der Waals surface area contributed by atoms with Crippen molar-refractivity contribution in [2.45, 2.75) is 19.1 Å². The van der Waals surface area contributed by atoms with Gasteiger partial charge in [-0.2, -0.15) is 13.2 Å². The minimum absolute atomic E-state index is 0.0116. The predicted molar refractivity (Wildman–Crippen MR) is 49.2 cm³/mol. The fraction of sp³-hybridized carbons (Fsp3) is 0.333. The molecule has 78 valence electrons. The summed E-state index contributed by atoms with van der Waals surface area (Å²) in [4.78, 5) is 0. The van der Waals surface area contributed by atoms with E-state index in [1.807, 2.05) is 0 Å². The number of alkyl halides is 3. The fourth-order valence-corrected chi connectivity index (χ4v) is 1.43. The topological polar surface area (TPSA) is 26.0 Å². The van der Waals surface area contributed by atoms with Crippen LogP contribution in [0.1, 0.15) is 17.2 Å². The summed E-state index contributed by atoms with van der Waals surface area (Å²) in [5.74, 6) is 0. The molecule has 1 atom stereocenters. The first-order valence-electron chi connectivity index (χ1n) is 3.90. The Morgan fingerprint density at radius 3 is 2.29 bits per heavy atom. The van der Waals surface area contributed by atoms with E-state index in [0.717, 1.165) is 0 Å². The van der Waals surface area contributed by atoms with E-state index >= 15 is 0 Å². The molecule has 0 saturated carbocycles. The number of aryl methyl sites for hydroxylation is 1. The third kappa shape index (κ3) is 2.62. The van der Waals surface area contributed by atoms with Gasteiger partial charge in [0, 0.05) is 5.02 Å². The third-order valence-electron chi connectivity index (χ3n) is 1.78. The molecule has 0 aliphatic rings. The van der Waals surface area contributed by atoms with Gasteiger partial charge < -0.3 is 5.73 Å². The van der Waals surface area contributed by atoms with Gasteiger partial charge in [-0.15, -0.1) is 0 Å². The lowest BCUT2D eigenvalue weighted by molar-refractivity contribution is -0.149. The molecule has 1 aromatic carbocycles. The summed E-state index contributed by atoms with van der Waals surface area (Å²) in [5, 5.41) is 0.264. The van der Waals surface area contributed by atoms with Gasteiger partial charge in [0.15, 0.2) is 0 Å². The van der Waals surface area contributed by atoms with Crippen LogP contribution in [0.2, 0.25) is 5.02 Å². The molecular formula is C9H9ClF3N. The average molecular weight is 224 g/mol. The molecule has 0 aliphatic carbocycles. The summed E-state index contributed by atoms with van der Waals surface area (Å²) in [7, 11) is 0. The van der Waals surface area contributed by atoms with Crippen LogP contribution in [-0.2, 0) is 0 Å². The minimum Gasteiger partial charge on any atom is -0.316 e. The van der Waals surface area contributed by atoms with E-state index in [9.17, 15) is 13.2 Å². The second-order valence-corrected chi connectivity index (χ2v) is 3.52. The molecular weight excluding hydrogens is 215 g/mol. The standard InChI is InChI=1S/C9H9ClF3N/c1-5-2-6(4-7(10)3-5)8(14)9(11,12)13/h2-4,8H,14H2,1H3/t8-/m0/s1. The molecule has 1 rings (SSSR count). The summed E-state index contributed by atoms with van der Waals surface area (Å²) < 4.78 is 36.7. The highest BCUT2D eigenvalue weighted by molar-refractivity contribution is 6.30. The molecule has 14 heavy (non-hydrogen) atoms. The molecule has 0 aromatic heterocycles. The van der Waals surface area contributed by atoms with Crippen LogP contribution in [0.3, 0.4) is 0 Å². The van der Waals surface area contributed by atoms with Crippen molar-refractivity contribution in [3.63, 3.8) is 0 Å². The molecule has 0 fully saturated rings. The van der Waals surface area contributed by atoms with Crippen LogP contribution in [0.25, 0.3) is 0 Å². The lowest BCUT2D eigenvalue weighted by Gasteiger charge is -2.16. The zero-order valence-electron chi connectivity index (χ0n) is 7.40. The summed E-state index contributed by atoms with van der Waals surface area (Å²) in [6.07, 6.45) is -4.43. The van der Waals surface area contributed by atoms with Crippen LogP contribution in [0.5, 0.6) is 0 Å². The molecule has 2 N–H and O–H groups in total. The molecule has 0 unspecified atom stereocenters. The van der Waals surface area contributed by atoms with Gasteiger partial charge in [-0.25, -0.2) is 0 Å². The van der Waals surface area contributed by atoms with Crippen molar-refractivity contribution in [1.82, 2.24) is 0 Å². The van der Waals surface area contributed by atoms with Gasteiger partial charge >= 0.3 is 6.18 Å². The Morgan fingerprint density at radius 1 is 1.29 bits per heavy atom. The summed E-state index contributed by atoms with van der Waals surface area (Å²) in [6, 6.07) is 2.21. The number of halogens is 4. The second-order valence-electron chi connectivity index (χ2n) is 3.08. The molecule has 5 heteroatoms. The van der Waals surface area contributed by atoms with Gasteiger partial charge in [-0.05, 0) is 30.2 Å². The van der Waals surface area contributed by atoms with Gasteiger partial charge in [0.1, 0.15) is 6.04 Å². The first-order valence-corrected chi connectivity index (χ1v) is 4.28. The molecule has 1 nitrogen and oxygen atoms in total. The molecule has 0 radical (unpaired) electrons. The number of hydrogen-bond donors (Lipinski definition) is 1. The van der Waals surface area contributed by atoms with Crippen LogP contribution in [-0.4, -0.2) is 6.18 Å². The van der Waals surface area contributed by atoms with Gasteiger partial charge in [0.2, 0.25) is 0 Å². The predicted octanol–water partition coefficient (Wildman–Crippen LogP) is 3.21. The number of benzene rings is 1. The fourth-order valence-electron chi connectivity index (χ4n) is 1.13. The maximum Gasteiger partial charge on any atom is 0.407 e. The van der Waals surface area contributed by atoms with Crippen molar-refractivity contribution in [3.05, 3.63) is 34.3 Å². The van der Waals surface area contributed by atoms with E-state index in [1.165, 1.54) is 12.1 Å². The van der Waals surface area contributed by atoms with Crippen LogP contribution in [0, 0.1) is 6.92 Å². The Morgan fingerprint density at radius 2 is 1.86 bits per heavy atom. The SMILES string of the molecule is Cc1cc(Cl)cc([C@H](N)C(F)(F)F)c1. The Balaban J connectivity index is 3.07. The number of rotatable bonds is 1. The van der Waals surface area contributed by atoms with Crippen molar-refractivity contribution < 1.29 is 13.2 Å². The lowest BCUT2D eigenvalue weighted by atomic mass is 10.1. The van der Waals surface area contributed by atoms with Gasteiger partial charge in [0.05, 0.1) is 0 Å². The average Bonchev–Trinajstić information content (AvgIpc) is 1.99. The Hall–Kier alpha value is -0.740. The molecule has 0 heterocycles. The molecule has 0 spiro atoms. The van der Waals surface area contributed by atoms with Crippen molar-refractivity contribution in [2.24, 2.45) is 5.73 Å². The molecule has 0 amide bonds. The first-order chi connectivity index (χ1) is 6.30. The van der Waals surface area contributed by atoms with E-state index in [1.54, 1.807) is 13.0 Å². The van der Waals surface area contributed by atoms with Crippen molar-refractivity contribution in [2.75, 3.05) is 0 Å². The normalized spacial score (nSPS) is 14.1. The summed E-state index contributed by atoms with van der Waals surface area (Å²) in [5.41, 5.74) is 5.67. The van der Waals surface area contributed by atoms with Gasteiger partial charge in [0.25, 0.3) is 0 Å². The van der Waals surface area contributed by atoms with Crippen molar-refractivity contribution in [3.8, 4) is 0 Å². The largest absolute Gasteiger partial charge is 0.407 e. The van der Waals surface area contributed by atoms with Crippen LogP contribution >= 0.6 is 11.6 Å². The van der Waals surface area contributed by atoms with Gasteiger partial charge in [-0.3, -0.25) is 0 Å². The summed E-state index contributed by atoms with van der Waals surface area (Å²) >= 11 is 5.62. The highest BCUT2D eigenvalue weighted by atomic mass is 35.5. The maximum absolute atomic E-state index is 12.2. The lowest BCUT2D eigenvalue weighted by Crippen LogP contribution is -2.28. The van der Waals surface area contributed by atoms with Crippen LogP contribution in [0.4, 0.5) is 13.2 Å². The van der Waals surface area contributed by atoms with E-state index in [4.69, 9.17) is 17.3 Å². The quantitative estimate of drug-likeness (QED) is 0.777. The first kappa shape index (κ1) is 11.3. The maximum atomic E-state index is 12.2. The number of hydrogen-bond acceptors (Lipinski definition) is 1. The highest BCUT2D eigenvalue weighted by Crippen LogP contribution is 2.31. The third-order valence-corrected chi connectivity index (χ3v) is 1.99. The van der Waals surface area contributed by atoms with Crippen LogP contribution in [0.15, 0.2) is 18.2 Å². The molecule has 0 saturated heterocycles. The summed E-state index contributed by atoms with van der Waals surface area (Å²) in [6.45, 7) is 1.67. The van der Waals surface area contributed by atoms with Crippen molar-refractivity contribution in [1.29, 1.82) is 0 Å². The monoisotopic (exact) mass is 223 g/mol. The smallest absolute Gasteiger partial charge is 0.316 e.